The molecule has 38 heavy (non-hydrogen) atoms. The Labute approximate surface area is 218 Å². The molecule has 0 unspecified atom stereocenters. The number of anilines is 3. The van der Waals surface area contributed by atoms with Crippen LogP contribution in [0.2, 0.25) is 0 Å². The van der Waals surface area contributed by atoms with Gasteiger partial charge in [0.25, 0.3) is 0 Å². The van der Waals surface area contributed by atoms with Crippen molar-refractivity contribution in [2.24, 2.45) is 0 Å². The molecule has 4 rings (SSSR count). The summed E-state index contributed by atoms with van der Waals surface area (Å²) in [6.45, 7) is 0. The second kappa shape index (κ2) is 11.9. The molecule has 0 spiro atoms. The summed E-state index contributed by atoms with van der Waals surface area (Å²) in [5.74, 6) is -1.96. The van der Waals surface area contributed by atoms with Crippen LogP contribution >= 0.6 is 0 Å². The number of nitrogens with two attached hydrogens (primary N) is 1. The lowest BCUT2D eigenvalue weighted by atomic mass is 10.0. The average Bonchev–Trinajstić information content (AvgIpc) is 2.91. The third-order valence-corrected chi connectivity index (χ3v) is 5.79. The number of hydrogen-bond donors (Lipinski definition) is 4. The van der Waals surface area contributed by atoms with Gasteiger partial charge in [-0.25, -0.2) is 9.18 Å². The minimum atomic E-state index is -1.17. The van der Waals surface area contributed by atoms with Crippen molar-refractivity contribution < 1.29 is 28.6 Å². The van der Waals surface area contributed by atoms with E-state index in [0.29, 0.717) is 17.1 Å². The Balaban J connectivity index is 1.57. The van der Waals surface area contributed by atoms with E-state index in [2.05, 4.69) is 10.6 Å². The fraction of sp³-hybridized carbons (Fsp3) is 0.103. The van der Waals surface area contributed by atoms with Crippen molar-refractivity contribution in [2.45, 2.75) is 12.2 Å². The smallest absolute Gasteiger partial charge is 0.412 e. The third kappa shape index (κ3) is 6.26. The van der Waals surface area contributed by atoms with Gasteiger partial charge in [-0.05, 0) is 47.4 Å². The number of amides is 2. The van der Waals surface area contributed by atoms with Crippen molar-refractivity contribution in [2.75, 3.05) is 23.5 Å². The van der Waals surface area contributed by atoms with Gasteiger partial charge in [0, 0.05) is 18.6 Å². The summed E-state index contributed by atoms with van der Waals surface area (Å²) in [4.78, 5) is 25.5. The summed E-state index contributed by atoms with van der Waals surface area (Å²) >= 11 is 0. The molecule has 194 valence electrons. The van der Waals surface area contributed by atoms with Gasteiger partial charge in [-0.2, -0.15) is 0 Å². The van der Waals surface area contributed by atoms with E-state index in [9.17, 15) is 19.1 Å². The number of nitrogens with one attached hydrogen (secondary N) is 2. The molecule has 4 aromatic rings. The Kier molecular flexibility index (Phi) is 8.20. The van der Waals surface area contributed by atoms with Gasteiger partial charge in [0.2, 0.25) is 5.91 Å². The fourth-order valence-corrected chi connectivity index (χ4v) is 3.88. The van der Waals surface area contributed by atoms with Crippen LogP contribution in [0.4, 0.5) is 26.2 Å². The molecule has 0 saturated heterocycles. The van der Waals surface area contributed by atoms with Crippen LogP contribution in [0.3, 0.4) is 0 Å². The van der Waals surface area contributed by atoms with E-state index < -0.39 is 35.8 Å². The molecule has 0 heterocycles. The number of phenols is 1. The molecule has 5 N–H and O–H groups in total. The molecule has 0 aliphatic carbocycles. The third-order valence-electron chi connectivity index (χ3n) is 5.79. The van der Waals surface area contributed by atoms with E-state index in [1.165, 1.54) is 25.3 Å². The predicted molar refractivity (Wildman–Crippen MR) is 144 cm³/mol. The van der Waals surface area contributed by atoms with E-state index in [4.69, 9.17) is 15.2 Å². The number of methoxy groups -OCH3 is 1. The maximum atomic E-state index is 14.2. The van der Waals surface area contributed by atoms with E-state index in [0.717, 1.165) is 22.9 Å². The Morgan fingerprint density at radius 1 is 0.947 bits per heavy atom. The molecule has 8 nitrogen and oxygen atoms in total. The number of fused-ring (bicyclic) bond motifs is 1. The molecule has 9 heteroatoms. The zero-order chi connectivity index (χ0) is 27.1. The highest BCUT2D eigenvalue weighted by atomic mass is 19.1. The molecule has 0 aliphatic heterocycles. The number of halogens is 1. The van der Waals surface area contributed by atoms with Crippen molar-refractivity contribution in [1.29, 1.82) is 0 Å². The van der Waals surface area contributed by atoms with E-state index in [-0.39, 0.29) is 5.56 Å². The maximum absolute atomic E-state index is 14.2. The predicted octanol–water partition coefficient (Wildman–Crippen LogP) is 5.77. The largest absolute Gasteiger partial charge is 0.505 e. The molecule has 0 bridgehead atoms. The minimum absolute atomic E-state index is 0.206. The number of carbonyl (C=O) groups excluding carboxylic acids is 2. The average molecular weight is 516 g/mol. The SMILES string of the molecule is CO[C@@H](/C=C/C(=O)Nc1ccccc1N)[C@@H](OC(=O)Nc1cccc2ccccc12)c1ccc(O)c(F)c1. The highest BCUT2D eigenvalue weighted by Crippen LogP contribution is 2.30. The van der Waals surface area contributed by atoms with E-state index in [1.807, 2.05) is 30.3 Å². The number of phenolic OH excluding ortho intramolecular Hbond substituents is 1. The first kappa shape index (κ1) is 26.2. The number of ether oxygens (including phenoxy) is 2. The van der Waals surface area contributed by atoms with Crippen LogP contribution in [0.1, 0.15) is 11.7 Å². The number of carbonyl (C=O) groups is 2. The molecular weight excluding hydrogens is 489 g/mol. The number of nitrogen functional groups attached to an aromatic ring is 1. The fourth-order valence-electron chi connectivity index (χ4n) is 3.88. The van der Waals surface area contributed by atoms with Gasteiger partial charge in [0.15, 0.2) is 17.7 Å². The summed E-state index contributed by atoms with van der Waals surface area (Å²) < 4.78 is 25.4. The lowest BCUT2D eigenvalue weighted by molar-refractivity contribution is -0.112. The van der Waals surface area contributed by atoms with Crippen molar-refractivity contribution >= 4 is 39.8 Å². The molecule has 4 aromatic carbocycles. The van der Waals surface area contributed by atoms with Crippen LogP contribution in [-0.4, -0.2) is 30.3 Å². The Morgan fingerprint density at radius 2 is 1.66 bits per heavy atom. The second-order valence-electron chi connectivity index (χ2n) is 8.32. The Bertz CT molecular complexity index is 1490. The van der Waals surface area contributed by atoms with E-state index >= 15 is 0 Å². The molecule has 0 radical (unpaired) electrons. The topological polar surface area (TPSA) is 123 Å². The number of benzene rings is 4. The van der Waals surface area contributed by atoms with Crippen LogP contribution in [0.5, 0.6) is 5.75 Å². The van der Waals surface area contributed by atoms with E-state index in [1.54, 1.807) is 36.4 Å². The first-order chi connectivity index (χ1) is 18.4. The zero-order valence-electron chi connectivity index (χ0n) is 20.4. The monoisotopic (exact) mass is 515 g/mol. The minimum Gasteiger partial charge on any atom is -0.505 e. The summed E-state index contributed by atoms with van der Waals surface area (Å²) in [6.07, 6.45) is -0.394. The van der Waals surface area contributed by atoms with Gasteiger partial charge in [-0.1, -0.05) is 54.6 Å². The van der Waals surface area contributed by atoms with Gasteiger partial charge in [0.1, 0.15) is 6.10 Å². The molecule has 0 saturated carbocycles. The van der Waals surface area contributed by atoms with Gasteiger partial charge >= 0.3 is 6.09 Å². The van der Waals surface area contributed by atoms with Crippen molar-refractivity contribution in [1.82, 2.24) is 0 Å². The molecule has 0 aromatic heterocycles. The highest BCUT2D eigenvalue weighted by molar-refractivity contribution is 6.01. The van der Waals surface area contributed by atoms with Gasteiger partial charge in [-0.15, -0.1) is 0 Å². The summed E-state index contributed by atoms with van der Waals surface area (Å²) in [7, 11) is 1.36. The van der Waals surface area contributed by atoms with Crippen molar-refractivity contribution in [3.8, 4) is 5.75 Å². The molecule has 0 fully saturated rings. The maximum Gasteiger partial charge on any atom is 0.412 e. The second-order valence-corrected chi connectivity index (χ2v) is 8.32. The first-order valence-corrected chi connectivity index (χ1v) is 11.7. The van der Waals surface area contributed by atoms with Crippen LogP contribution in [0.15, 0.2) is 97.1 Å². The van der Waals surface area contributed by atoms with Crippen molar-refractivity contribution in [3.63, 3.8) is 0 Å². The number of aromatic hydroxyl groups is 1. The Morgan fingerprint density at radius 3 is 2.42 bits per heavy atom. The zero-order valence-corrected chi connectivity index (χ0v) is 20.4. The molecular formula is C29H26FN3O5. The standard InChI is InChI=1S/C29H26FN3O5/c1-37-26(15-16-27(35)32-24-11-5-4-10-22(24)31)28(19-13-14-25(34)21(30)17-19)38-29(36)33-23-12-6-8-18-7-2-3-9-20(18)23/h2-17,26,28,34H,31H2,1H3,(H,32,35)(H,33,36)/b16-15+/t26-,28-/m0/s1. The number of para-hydroxylation sites is 2. The normalized spacial score (nSPS) is 12.7. The summed E-state index contributed by atoms with van der Waals surface area (Å²) in [6, 6.07) is 23.3. The van der Waals surface area contributed by atoms with Crippen LogP contribution in [0.25, 0.3) is 10.8 Å². The number of rotatable bonds is 8. The Hall–Kier alpha value is -4.89. The highest BCUT2D eigenvalue weighted by Gasteiger charge is 2.27. The summed E-state index contributed by atoms with van der Waals surface area (Å²) in [5, 5.41) is 16.7. The lowest BCUT2D eigenvalue weighted by Crippen LogP contribution is -2.27. The lowest BCUT2D eigenvalue weighted by Gasteiger charge is -2.25. The quantitative estimate of drug-likeness (QED) is 0.175. The van der Waals surface area contributed by atoms with Crippen molar-refractivity contribution in [3.05, 3.63) is 108 Å². The van der Waals surface area contributed by atoms with Gasteiger partial charge in [-0.3, -0.25) is 10.1 Å². The number of hydrogen-bond acceptors (Lipinski definition) is 6. The summed E-state index contributed by atoms with van der Waals surface area (Å²) in [5.41, 5.74) is 7.42. The van der Waals surface area contributed by atoms with Crippen LogP contribution in [-0.2, 0) is 14.3 Å². The van der Waals surface area contributed by atoms with Crippen LogP contribution < -0.4 is 16.4 Å². The van der Waals surface area contributed by atoms with Gasteiger partial charge < -0.3 is 25.6 Å². The van der Waals surface area contributed by atoms with Crippen LogP contribution in [0, 0.1) is 5.82 Å². The molecule has 0 aliphatic rings. The first-order valence-electron chi connectivity index (χ1n) is 11.7. The molecule has 2 atom stereocenters. The molecule has 2 amide bonds. The van der Waals surface area contributed by atoms with Gasteiger partial charge in [0.05, 0.1) is 17.1 Å².